The Kier molecular flexibility index (Phi) is 2.52. The first-order valence-electron chi connectivity index (χ1n) is 7.37. The van der Waals surface area contributed by atoms with Crippen LogP contribution in [0.1, 0.15) is 46.7 Å². The number of hydrogen-bond donors (Lipinski definition) is 1. The summed E-state index contributed by atoms with van der Waals surface area (Å²) < 4.78 is 28.1. The molecule has 0 radical (unpaired) electrons. The number of halogens is 2. The Morgan fingerprint density at radius 1 is 1.36 bits per heavy atom. The van der Waals surface area contributed by atoms with Gasteiger partial charge in [-0.2, -0.15) is 0 Å². The van der Waals surface area contributed by atoms with E-state index in [1.54, 1.807) is 12.1 Å². The SMILES string of the molecule is O=C(O)CN1CC2(CC2(F)F)c2cc(C3CC3)ccc2C1=O. The van der Waals surface area contributed by atoms with Crippen molar-refractivity contribution in [2.75, 3.05) is 13.1 Å². The monoisotopic (exact) mass is 307 g/mol. The molecule has 1 amide bonds. The van der Waals surface area contributed by atoms with Crippen molar-refractivity contribution < 1.29 is 23.5 Å². The van der Waals surface area contributed by atoms with Gasteiger partial charge in [-0.15, -0.1) is 0 Å². The third-order valence-corrected chi connectivity index (χ3v) is 5.01. The fourth-order valence-electron chi connectivity index (χ4n) is 3.56. The van der Waals surface area contributed by atoms with Gasteiger partial charge in [-0.25, -0.2) is 8.78 Å². The molecule has 0 bridgehead atoms. The quantitative estimate of drug-likeness (QED) is 0.933. The van der Waals surface area contributed by atoms with Gasteiger partial charge in [-0.05, 0) is 36.0 Å². The number of carboxylic acid groups (broad SMARTS) is 1. The number of alkyl halides is 2. The summed E-state index contributed by atoms with van der Waals surface area (Å²) in [6, 6.07) is 5.16. The largest absolute Gasteiger partial charge is 0.480 e. The molecule has 116 valence electrons. The van der Waals surface area contributed by atoms with Gasteiger partial charge in [0.1, 0.15) is 6.54 Å². The molecule has 0 aromatic heterocycles. The van der Waals surface area contributed by atoms with Crippen molar-refractivity contribution in [3.05, 3.63) is 34.9 Å². The molecule has 0 saturated heterocycles. The summed E-state index contributed by atoms with van der Waals surface area (Å²) in [6.45, 7) is -0.757. The van der Waals surface area contributed by atoms with Crippen LogP contribution in [0.4, 0.5) is 8.78 Å². The number of rotatable bonds is 3. The van der Waals surface area contributed by atoms with E-state index < -0.39 is 29.8 Å². The number of carboxylic acids is 1. The van der Waals surface area contributed by atoms with Crippen molar-refractivity contribution in [2.45, 2.75) is 36.5 Å². The first-order chi connectivity index (χ1) is 10.3. The molecular weight excluding hydrogens is 292 g/mol. The highest BCUT2D eigenvalue weighted by Crippen LogP contribution is 2.64. The molecule has 1 aromatic carbocycles. The van der Waals surface area contributed by atoms with Crippen LogP contribution in [-0.4, -0.2) is 40.9 Å². The number of carbonyl (C=O) groups excluding carboxylic acids is 1. The number of amides is 1. The second-order valence-electron chi connectivity index (χ2n) is 6.60. The Morgan fingerprint density at radius 3 is 2.59 bits per heavy atom. The minimum absolute atomic E-state index is 0.216. The maximum Gasteiger partial charge on any atom is 0.323 e. The van der Waals surface area contributed by atoms with Crippen LogP contribution < -0.4 is 0 Å². The number of hydrogen-bond acceptors (Lipinski definition) is 2. The maximum absolute atomic E-state index is 14.1. The second kappa shape index (κ2) is 4.06. The lowest BCUT2D eigenvalue weighted by Crippen LogP contribution is -2.47. The fraction of sp³-hybridized carbons (Fsp3) is 0.500. The van der Waals surface area contributed by atoms with E-state index in [4.69, 9.17) is 5.11 Å². The van der Waals surface area contributed by atoms with Crippen molar-refractivity contribution in [3.8, 4) is 0 Å². The number of benzene rings is 1. The first kappa shape index (κ1) is 13.7. The van der Waals surface area contributed by atoms with E-state index in [0.29, 0.717) is 11.5 Å². The number of fused-ring (bicyclic) bond motifs is 2. The van der Waals surface area contributed by atoms with Gasteiger partial charge >= 0.3 is 5.97 Å². The molecule has 2 saturated carbocycles. The van der Waals surface area contributed by atoms with Gasteiger partial charge in [0.25, 0.3) is 11.8 Å². The maximum atomic E-state index is 14.1. The lowest BCUT2D eigenvalue weighted by atomic mass is 9.84. The van der Waals surface area contributed by atoms with E-state index in [9.17, 15) is 18.4 Å². The summed E-state index contributed by atoms with van der Waals surface area (Å²) >= 11 is 0. The average Bonchev–Trinajstić information content (AvgIpc) is 3.33. The van der Waals surface area contributed by atoms with Crippen molar-refractivity contribution in [1.82, 2.24) is 4.90 Å². The van der Waals surface area contributed by atoms with Crippen LogP contribution in [0, 0.1) is 0 Å². The first-order valence-corrected chi connectivity index (χ1v) is 7.37. The molecule has 4 nitrogen and oxygen atoms in total. The molecule has 1 heterocycles. The molecule has 1 unspecified atom stereocenters. The normalized spacial score (nSPS) is 28.6. The Balaban J connectivity index is 1.80. The topological polar surface area (TPSA) is 57.6 Å². The zero-order valence-electron chi connectivity index (χ0n) is 11.8. The van der Waals surface area contributed by atoms with Crippen LogP contribution in [0.25, 0.3) is 0 Å². The number of carbonyl (C=O) groups is 2. The van der Waals surface area contributed by atoms with Gasteiger partial charge < -0.3 is 10.0 Å². The van der Waals surface area contributed by atoms with E-state index >= 15 is 0 Å². The number of nitrogens with zero attached hydrogens (tertiary/aromatic N) is 1. The van der Waals surface area contributed by atoms with Crippen LogP contribution >= 0.6 is 0 Å². The highest BCUT2D eigenvalue weighted by atomic mass is 19.3. The minimum Gasteiger partial charge on any atom is -0.480 e. The van der Waals surface area contributed by atoms with Crippen LogP contribution in [0.2, 0.25) is 0 Å². The summed E-state index contributed by atoms with van der Waals surface area (Å²) in [7, 11) is 0. The summed E-state index contributed by atoms with van der Waals surface area (Å²) in [4.78, 5) is 24.3. The number of aliphatic carboxylic acids is 1. The molecule has 2 aliphatic carbocycles. The van der Waals surface area contributed by atoms with Crippen molar-refractivity contribution in [2.24, 2.45) is 0 Å². The predicted molar refractivity (Wildman–Crippen MR) is 73.2 cm³/mol. The fourth-order valence-corrected chi connectivity index (χ4v) is 3.56. The molecule has 1 aromatic rings. The van der Waals surface area contributed by atoms with E-state index in [-0.39, 0.29) is 18.5 Å². The van der Waals surface area contributed by atoms with E-state index in [2.05, 4.69) is 0 Å². The Hall–Kier alpha value is -1.98. The minimum atomic E-state index is -2.87. The summed E-state index contributed by atoms with van der Waals surface area (Å²) in [6.07, 6.45) is 1.80. The molecular formula is C16H15F2NO3. The van der Waals surface area contributed by atoms with Gasteiger partial charge in [-0.1, -0.05) is 12.1 Å². The van der Waals surface area contributed by atoms with Crippen molar-refractivity contribution in [3.63, 3.8) is 0 Å². The zero-order valence-corrected chi connectivity index (χ0v) is 11.8. The Labute approximate surface area is 125 Å². The molecule has 6 heteroatoms. The van der Waals surface area contributed by atoms with Gasteiger partial charge in [-0.3, -0.25) is 9.59 Å². The summed E-state index contributed by atoms with van der Waals surface area (Å²) in [5.74, 6) is -4.11. The van der Waals surface area contributed by atoms with Gasteiger partial charge in [0.05, 0.1) is 5.41 Å². The molecule has 1 spiro atoms. The highest BCUT2D eigenvalue weighted by molar-refractivity contribution is 5.99. The Bertz CT molecular complexity index is 699. The lowest BCUT2D eigenvalue weighted by molar-refractivity contribution is -0.138. The van der Waals surface area contributed by atoms with E-state index in [0.717, 1.165) is 23.3 Å². The molecule has 1 aliphatic heterocycles. The molecule has 4 rings (SSSR count). The van der Waals surface area contributed by atoms with Gasteiger partial charge in [0.2, 0.25) is 0 Å². The van der Waals surface area contributed by atoms with Gasteiger partial charge in [0, 0.05) is 18.5 Å². The molecule has 3 aliphatic rings. The standard InChI is InChI=1S/C16H15F2NO3/c17-16(18)7-15(16)8-19(6-13(20)21)14(22)11-4-3-10(5-12(11)15)9-1-2-9/h3-5,9H,1-2,6-8H2,(H,20,21). The highest BCUT2D eigenvalue weighted by Gasteiger charge is 2.74. The van der Waals surface area contributed by atoms with Crippen molar-refractivity contribution in [1.29, 1.82) is 0 Å². The van der Waals surface area contributed by atoms with Crippen LogP contribution in [-0.2, 0) is 10.2 Å². The zero-order chi connectivity index (χ0) is 15.7. The molecule has 1 N–H and O–H groups in total. The smallest absolute Gasteiger partial charge is 0.323 e. The van der Waals surface area contributed by atoms with Crippen molar-refractivity contribution >= 4 is 11.9 Å². The lowest BCUT2D eigenvalue weighted by Gasteiger charge is -2.34. The van der Waals surface area contributed by atoms with E-state index in [1.165, 1.54) is 0 Å². The average molecular weight is 307 g/mol. The van der Waals surface area contributed by atoms with Crippen LogP contribution in [0.5, 0.6) is 0 Å². The predicted octanol–water partition coefficient (Wildman–Crippen LogP) is 2.38. The third-order valence-electron chi connectivity index (χ3n) is 5.01. The molecule has 1 atom stereocenters. The Morgan fingerprint density at radius 2 is 2.05 bits per heavy atom. The summed E-state index contributed by atoms with van der Waals surface area (Å²) in [5, 5.41) is 8.90. The van der Waals surface area contributed by atoms with Gasteiger partial charge in [0.15, 0.2) is 0 Å². The third kappa shape index (κ3) is 1.79. The van der Waals surface area contributed by atoms with Crippen LogP contribution in [0.3, 0.4) is 0 Å². The second-order valence-corrected chi connectivity index (χ2v) is 6.60. The molecule has 22 heavy (non-hydrogen) atoms. The molecule has 2 fully saturated rings. The van der Waals surface area contributed by atoms with Crippen LogP contribution in [0.15, 0.2) is 18.2 Å². The van der Waals surface area contributed by atoms with E-state index in [1.807, 2.05) is 6.07 Å². The summed E-state index contributed by atoms with van der Waals surface area (Å²) in [5.41, 5.74) is 0.263.